The Bertz CT molecular complexity index is 827. The Hall–Kier alpha value is -2.67. The molecule has 22 heavy (non-hydrogen) atoms. The van der Waals surface area contributed by atoms with Gasteiger partial charge in [0.25, 0.3) is 0 Å². The molecule has 2 heterocycles. The van der Waals surface area contributed by atoms with Crippen LogP contribution >= 0.6 is 0 Å². The number of carbonyl (C=O) groups is 2. The van der Waals surface area contributed by atoms with Gasteiger partial charge >= 0.3 is 5.63 Å². The van der Waals surface area contributed by atoms with E-state index in [1.54, 1.807) is 18.2 Å². The molecule has 1 aliphatic heterocycles. The molecule has 0 bridgehead atoms. The molecule has 0 radical (unpaired) electrons. The number of aryl methyl sites for hydroxylation is 1. The minimum Gasteiger partial charge on any atom is -0.423 e. The Morgan fingerprint density at radius 2 is 2.14 bits per heavy atom. The lowest BCUT2D eigenvalue weighted by Gasteiger charge is -2.17. The average Bonchev–Trinajstić information content (AvgIpc) is 2.87. The zero-order valence-corrected chi connectivity index (χ0v) is 12.0. The van der Waals surface area contributed by atoms with Crippen molar-refractivity contribution in [2.24, 2.45) is 11.8 Å². The normalized spacial score (nSPS) is 18.0. The molecule has 1 saturated heterocycles. The summed E-state index contributed by atoms with van der Waals surface area (Å²) in [5.41, 5.74) is 3.46. The molecule has 0 spiro atoms. The van der Waals surface area contributed by atoms with Gasteiger partial charge in [0.15, 0.2) is 0 Å². The highest BCUT2D eigenvalue weighted by atomic mass is 16.4. The van der Waals surface area contributed by atoms with Gasteiger partial charge in [-0.2, -0.15) is 0 Å². The monoisotopic (exact) mass is 301 g/mol. The van der Waals surface area contributed by atoms with E-state index in [9.17, 15) is 14.4 Å². The van der Waals surface area contributed by atoms with Crippen LogP contribution in [0.3, 0.4) is 0 Å². The quantitative estimate of drug-likeness (QED) is 0.362. The molecule has 1 fully saturated rings. The summed E-state index contributed by atoms with van der Waals surface area (Å²) in [5.74, 6) is 4.11. The van der Waals surface area contributed by atoms with E-state index in [1.165, 1.54) is 11.0 Å². The van der Waals surface area contributed by atoms with Crippen LogP contribution in [-0.4, -0.2) is 18.4 Å². The van der Waals surface area contributed by atoms with Crippen LogP contribution in [0.25, 0.3) is 11.0 Å². The first kappa shape index (κ1) is 14.3. The highest BCUT2D eigenvalue weighted by Crippen LogP contribution is 2.28. The highest BCUT2D eigenvalue weighted by molar-refractivity contribution is 6.01. The number of nitrogens with two attached hydrogens (primary N) is 1. The predicted octanol–water partition coefficient (Wildman–Crippen LogP) is 0.444. The minimum absolute atomic E-state index is 0.110. The molecule has 1 atom stereocenters. The number of hydrogen-bond donors (Lipinski definition) is 2. The van der Waals surface area contributed by atoms with E-state index in [-0.39, 0.29) is 24.8 Å². The minimum atomic E-state index is -0.474. The molecule has 3 N–H and O–H groups in total. The van der Waals surface area contributed by atoms with E-state index < -0.39 is 11.5 Å². The summed E-state index contributed by atoms with van der Waals surface area (Å²) in [6.07, 6.45) is 0.110. The molecule has 7 nitrogen and oxygen atoms in total. The smallest absolute Gasteiger partial charge is 0.336 e. The predicted molar refractivity (Wildman–Crippen MR) is 80.0 cm³/mol. The Kier molecular flexibility index (Phi) is 3.42. The fourth-order valence-corrected chi connectivity index (χ4v) is 2.73. The molecule has 1 aromatic heterocycles. The Morgan fingerprint density at radius 3 is 2.86 bits per heavy atom. The summed E-state index contributed by atoms with van der Waals surface area (Å²) in [6, 6.07) is 6.64. The van der Waals surface area contributed by atoms with Crippen molar-refractivity contribution in [2.45, 2.75) is 13.3 Å². The summed E-state index contributed by atoms with van der Waals surface area (Å²) >= 11 is 0. The molecular weight excluding hydrogens is 286 g/mol. The first-order chi connectivity index (χ1) is 10.5. The number of anilines is 1. The van der Waals surface area contributed by atoms with Gasteiger partial charge in [-0.15, -0.1) is 0 Å². The third-order valence-electron chi connectivity index (χ3n) is 3.88. The first-order valence-corrected chi connectivity index (χ1v) is 6.85. The number of nitrogens with zero attached hydrogens (tertiary/aromatic N) is 1. The lowest BCUT2D eigenvalue weighted by molar-refractivity contribution is -0.126. The zero-order valence-electron chi connectivity index (χ0n) is 12.0. The van der Waals surface area contributed by atoms with Crippen LogP contribution in [0, 0.1) is 12.8 Å². The van der Waals surface area contributed by atoms with Crippen molar-refractivity contribution in [1.82, 2.24) is 5.43 Å². The number of rotatable bonds is 2. The van der Waals surface area contributed by atoms with Gasteiger partial charge in [-0.25, -0.2) is 10.6 Å². The molecule has 0 aliphatic carbocycles. The molecule has 2 aromatic rings. The van der Waals surface area contributed by atoms with Gasteiger partial charge < -0.3 is 9.32 Å². The molecule has 0 saturated carbocycles. The van der Waals surface area contributed by atoms with E-state index in [0.29, 0.717) is 11.3 Å². The fourth-order valence-electron chi connectivity index (χ4n) is 2.73. The van der Waals surface area contributed by atoms with Crippen LogP contribution in [0.15, 0.2) is 33.5 Å². The number of hydrazine groups is 1. The summed E-state index contributed by atoms with van der Waals surface area (Å²) in [5, 5.41) is 0.811. The van der Waals surface area contributed by atoms with Gasteiger partial charge in [0.1, 0.15) is 5.58 Å². The van der Waals surface area contributed by atoms with E-state index in [1.807, 2.05) is 6.92 Å². The standard InChI is InChI=1S/C15H15N3O4/c1-8-4-14(20)22-12-6-10(2-3-11(8)12)18-7-9(5-13(18)19)15(21)17-16/h2-4,6,9H,5,7,16H2,1H3,(H,17,21). The van der Waals surface area contributed by atoms with Gasteiger partial charge in [-0.1, -0.05) is 0 Å². The van der Waals surface area contributed by atoms with Crippen LogP contribution in [0.2, 0.25) is 0 Å². The van der Waals surface area contributed by atoms with Crippen molar-refractivity contribution in [3.8, 4) is 0 Å². The lowest BCUT2D eigenvalue weighted by Crippen LogP contribution is -2.37. The number of amides is 2. The highest BCUT2D eigenvalue weighted by Gasteiger charge is 2.34. The largest absolute Gasteiger partial charge is 0.423 e. The third kappa shape index (κ3) is 2.35. The molecule has 2 amide bonds. The van der Waals surface area contributed by atoms with Crippen molar-refractivity contribution < 1.29 is 14.0 Å². The second-order valence-electron chi connectivity index (χ2n) is 5.34. The van der Waals surface area contributed by atoms with Crippen molar-refractivity contribution in [2.75, 3.05) is 11.4 Å². The average molecular weight is 301 g/mol. The number of carbonyl (C=O) groups excluding carboxylic acids is 2. The third-order valence-corrected chi connectivity index (χ3v) is 3.88. The second kappa shape index (κ2) is 5.27. The van der Waals surface area contributed by atoms with E-state index >= 15 is 0 Å². The zero-order chi connectivity index (χ0) is 15.9. The number of hydrogen-bond acceptors (Lipinski definition) is 5. The van der Waals surface area contributed by atoms with Crippen LogP contribution in [0.4, 0.5) is 5.69 Å². The van der Waals surface area contributed by atoms with Gasteiger partial charge in [-0.3, -0.25) is 15.0 Å². The first-order valence-electron chi connectivity index (χ1n) is 6.85. The van der Waals surface area contributed by atoms with Gasteiger partial charge in [-0.05, 0) is 24.6 Å². The maximum absolute atomic E-state index is 12.1. The number of nitrogens with one attached hydrogen (secondary N) is 1. The Labute approximate surface area is 125 Å². The van der Waals surface area contributed by atoms with Crippen molar-refractivity contribution >= 4 is 28.5 Å². The molecule has 1 aliphatic rings. The molecule has 1 unspecified atom stereocenters. The lowest BCUT2D eigenvalue weighted by atomic mass is 10.1. The number of fused-ring (bicyclic) bond motifs is 1. The molecule has 7 heteroatoms. The maximum Gasteiger partial charge on any atom is 0.336 e. The van der Waals surface area contributed by atoms with E-state index in [4.69, 9.17) is 10.3 Å². The SMILES string of the molecule is Cc1cc(=O)oc2cc(N3CC(C(=O)NN)CC3=O)ccc12. The molecular formula is C15H15N3O4. The van der Waals surface area contributed by atoms with Crippen LogP contribution in [-0.2, 0) is 9.59 Å². The molecule has 114 valence electrons. The summed E-state index contributed by atoms with van der Waals surface area (Å²) in [7, 11) is 0. The van der Waals surface area contributed by atoms with Gasteiger partial charge in [0, 0.05) is 36.2 Å². The van der Waals surface area contributed by atoms with Crippen molar-refractivity contribution in [3.05, 3.63) is 40.2 Å². The second-order valence-corrected chi connectivity index (χ2v) is 5.34. The Morgan fingerprint density at radius 1 is 1.36 bits per heavy atom. The summed E-state index contributed by atoms with van der Waals surface area (Å²) in [6.45, 7) is 2.07. The van der Waals surface area contributed by atoms with E-state index in [0.717, 1.165) is 10.9 Å². The number of benzene rings is 1. The Balaban J connectivity index is 1.99. The summed E-state index contributed by atoms with van der Waals surface area (Å²) in [4.78, 5) is 36.6. The van der Waals surface area contributed by atoms with Gasteiger partial charge in [0.05, 0.1) is 5.92 Å². The molecule has 3 rings (SSSR count). The summed E-state index contributed by atoms with van der Waals surface area (Å²) < 4.78 is 5.18. The maximum atomic E-state index is 12.1. The van der Waals surface area contributed by atoms with Crippen LogP contribution in [0.5, 0.6) is 0 Å². The van der Waals surface area contributed by atoms with Crippen molar-refractivity contribution in [1.29, 1.82) is 0 Å². The molecule has 1 aromatic carbocycles. The van der Waals surface area contributed by atoms with E-state index in [2.05, 4.69) is 5.43 Å². The topological polar surface area (TPSA) is 106 Å². The van der Waals surface area contributed by atoms with Crippen LogP contribution < -0.4 is 21.8 Å². The van der Waals surface area contributed by atoms with Crippen molar-refractivity contribution in [3.63, 3.8) is 0 Å². The fraction of sp³-hybridized carbons (Fsp3) is 0.267. The van der Waals surface area contributed by atoms with Gasteiger partial charge in [0.2, 0.25) is 11.8 Å². The van der Waals surface area contributed by atoms with Crippen LogP contribution in [0.1, 0.15) is 12.0 Å².